The van der Waals surface area contributed by atoms with Gasteiger partial charge in [0.2, 0.25) is 0 Å². The van der Waals surface area contributed by atoms with Gasteiger partial charge in [0.25, 0.3) is 0 Å². The van der Waals surface area contributed by atoms with E-state index in [9.17, 15) is 0 Å². The summed E-state index contributed by atoms with van der Waals surface area (Å²) in [6.45, 7) is 7.30. The van der Waals surface area contributed by atoms with Gasteiger partial charge in [0, 0.05) is 17.8 Å². The molecule has 3 aromatic rings. The maximum atomic E-state index is 5.93. The molecule has 0 fully saturated rings. The first-order valence-corrected chi connectivity index (χ1v) is 10.2. The zero-order valence-electron chi connectivity index (χ0n) is 17.7. The van der Waals surface area contributed by atoms with E-state index in [0.717, 1.165) is 52.7 Å². The van der Waals surface area contributed by atoms with E-state index in [1.807, 2.05) is 66.7 Å². The Morgan fingerprint density at radius 3 is 2.37 bits per heavy atom. The molecule has 0 amide bonds. The second kappa shape index (κ2) is 11.0. The van der Waals surface area contributed by atoms with Gasteiger partial charge in [-0.3, -0.25) is 0 Å². The first kappa shape index (κ1) is 21.3. The fourth-order valence-corrected chi connectivity index (χ4v) is 3.12. The second-order valence-corrected chi connectivity index (χ2v) is 6.92. The zero-order valence-corrected chi connectivity index (χ0v) is 17.7. The highest BCUT2D eigenvalue weighted by molar-refractivity contribution is 5.52. The van der Waals surface area contributed by atoms with E-state index in [0.29, 0.717) is 13.2 Å². The molecule has 0 aromatic heterocycles. The Bertz CT molecular complexity index is 936. The van der Waals surface area contributed by atoms with E-state index in [1.54, 1.807) is 7.11 Å². The summed E-state index contributed by atoms with van der Waals surface area (Å²) < 4.78 is 17.4. The summed E-state index contributed by atoms with van der Waals surface area (Å²) in [6.07, 6.45) is 3.56. The molecule has 0 bridgehead atoms. The van der Waals surface area contributed by atoms with Crippen molar-refractivity contribution in [2.24, 2.45) is 0 Å². The van der Waals surface area contributed by atoms with Crippen LogP contribution >= 0.6 is 0 Å². The Labute approximate surface area is 179 Å². The van der Waals surface area contributed by atoms with Crippen LogP contribution < -0.4 is 19.5 Å². The molecule has 30 heavy (non-hydrogen) atoms. The van der Waals surface area contributed by atoms with Crippen LogP contribution in [0.3, 0.4) is 0 Å². The Morgan fingerprint density at radius 1 is 0.967 bits per heavy atom. The topological polar surface area (TPSA) is 39.7 Å². The van der Waals surface area contributed by atoms with Crippen LogP contribution in [0.4, 0.5) is 5.69 Å². The average Bonchev–Trinajstić information content (AvgIpc) is 2.78. The van der Waals surface area contributed by atoms with E-state index in [2.05, 4.69) is 24.9 Å². The highest BCUT2D eigenvalue weighted by atomic mass is 16.5. The summed E-state index contributed by atoms with van der Waals surface area (Å²) in [5, 5.41) is 3.46. The van der Waals surface area contributed by atoms with Crippen LogP contribution in [-0.2, 0) is 13.0 Å². The van der Waals surface area contributed by atoms with Gasteiger partial charge in [-0.05, 0) is 66.9 Å². The van der Waals surface area contributed by atoms with Gasteiger partial charge in [-0.1, -0.05) is 31.2 Å². The largest absolute Gasteiger partial charge is 0.493 e. The number of hydrogen-bond acceptors (Lipinski definition) is 4. The summed E-state index contributed by atoms with van der Waals surface area (Å²) in [4.78, 5) is 0. The van der Waals surface area contributed by atoms with Crippen molar-refractivity contribution in [2.45, 2.75) is 26.3 Å². The van der Waals surface area contributed by atoms with E-state index in [1.165, 1.54) is 0 Å². The quantitative estimate of drug-likeness (QED) is 0.365. The minimum absolute atomic E-state index is 0.662. The highest BCUT2D eigenvalue weighted by Gasteiger charge is 2.12. The Morgan fingerprint density at radius 2 is 1.70 bits per heavy atom. The Hall–Kier alpha value is -3.40. The smallest absolute Gasteiger partial charge is 0.164 e. The van der Waals surface area contributed by atoms with Crippen LogP contribution in [-0.4, -0.2) is 13.7 Å². The fraction of sp³-hybridized carbons (Fsp3) is 0.231. The van der Waals surface area contributed by atoms with Crippen molar-refractivity contribution in [1.82, 2.24) is 0 Å². The SMILES string of the molecule is C=CCc1cc(CNc2ccc(Oc3ccccc3)cc2)cc(OC)c1OCCC. The van der Waals surface area contributed by atoms with Crippen LogP contribution in [0, 0.1) is 0 Å². The molecular formula is C26H29NO3. The molecule has 0 aliphatic carbocycles. The maximum Gasteiger partial charge on any atom is 0.164 e. The lowest BCUT2D eigenvalue weighted by Gasteiger charge is -2.17. The van der Waals surface area contributed by atoms with Crippen molar-refractivity contribution >= 4 is 5.69 Å². The molecule has 4 heteroatoms. The molecule has 0 saturated heterocycles. The predicted octanol–water partition coefficient (Wildman–Crippen LogP) is 6.62. The molecule has 0 atom stereocenters. The fourth-order valence-electron chi connectivity index (χ4n) is 3.12. The van der Waals surface area contributed by atoms with Gasteiger partial charge in [0.15, 0.2) is 11.5 Å². The Balaban J connectivity index is 1.68. The number of nitrogens with one attached hydrogen (secondary N) is 1. The molecule has 3 rings (SSSR count). The molecule has 0 spiro atoms. The predicted molar refractivity (Wildman–Crippen MR) is 123 cm³/mol. The van der Waals surface area contributed by atoms with Gasteiger partial charge in [0.1, 0.15) is 11.5 Å². The number of rotatable bonds is 11. The average molecular weight is 404 g/mol. The molecular weight excluding hydrogens is 374 g/mol. The lowest BCUT2D eigenvalue weighted by atomic mass is 10.1. The summed E-state index contributed by atoms with van der Waals surface area (Å²) >= 11 is 0. The lowest BCUT2D eigenvalue weighted by molar-refractivity contribution is 0.291. The van der Waals surface area contributed by atoms with Crippen molar-refractivity contribution in [3.8, 4) is 23.0 Å². The number of hydrogen-bond donors (Lipinski definition) is 1. The summed E-state index contributed by atoms with van der Waals surface area (Å²) in [5.74, 6) is 3.20. The van der Waals surface area contributed by atoms with E-state index in [4.69, 9.17) is 14.2 Å². The van der Waals surface area contributed by atoms with Crippen LogP contribution in [0.2, 0.25) is 0 Å². The molecule has 3 aromatic carbocycles. The number of ether oxygens (including phenoxy) is 3. The van der Waals surface area contributed by atoms with E-state index in [-0.39, 0.29) is 0 Å². The number of allylic oxidation sites excluding steroid dienone is 1. The number of benzene rings is 3. The molecule has 4 nitrogen and oxygen atoms in total. The number of anilines is 1. The maximum absolute atomic E-state index is 5.93. The molecule has 1 N–H and O–H groups in total. The van der Waals surface area contributed by atoms with Gasteiger partial charge in [-0.15, -0.1) is 6.58 Å². The van der Waals surface area contributed by atoms with Crippen molar-refractivity contribution in [1.29, 1.82) is 0 Å². The van der Waals surface area contributed by atoms with Crippen LogP contribution in [0.15, 0.2) is 79.4 Å². The lowest BCUT2D eigenvalue weighted by Crippen LogP contribution is -2.05. The minimum Gasteiger partial charge on any atom is -0.493 e. The third kappa shape index (κ3) is 5.80. The molecule has 156 valence electrons. The summed E-state index contributed by atoms with van der Waals surface area (Å²) in [6, 6.07) is 21.9. The summed E-state index contributed by atoms with van der Waals surface area (Å²) in [7, 11) is 1.68. The van der Waals surface area contributed by atoms with E-state index < -0.39 is 0 Å². The first-order chi connectivity index (χ1) is 14.7. The van der Waals surface area contributed by atoms with Gasteiger partial charge in [-0.2, -0.15) is 0 Å². The van der Waals surface area contributed by atoms with Crippen molar-refractivity contribution in [3.63, 3.8) is 0 Å². The molecule has 0 radical (unpaired) electrons. The standard InChI is InChI=1S/C26H29NO3/c1-4-9-21-17-20(18-25(28-3)26(21)29-16-5-2)19-27-22-12-14-24(15-13-22)30-23-10-7-6-8-11-23/h4,6-8,10-15,17-18,27H,1,5,9,16,19H2,2-3H3. The van der Waals surface area contributed by atoms with Crippen LogP contribution in [0.25, 0.3) is 0 Å². The van der Waals surface area contributed by atoms with Gasteiger partial charge in [-0.25, -0.2) is 0 Å². The van der Waals surface area contributed by atoms with Crippen LogP contribution in [0.1, 0.15) is 24.5 Å². The van der Waals surface area contributed by atoms with E-state index >= 15 is 0 Å². The Kier molecular flexibility index (Phi) is 7.78. The normalized spacial score (nSPS) is 10.3. The molecule has 0 saturated carbocycles. The van der Waals surface area contributed by atoms with Crippen LogP contribution in [0.5, 0.6) is 23.0 Å². The van der Waals surface area contributed by atoms with Gasteiger partial charge in [0.05, 0.1) is 13.7 Å². The number of methoxy groups -OCH3 is 1. The van der Waals surface area contributed by atoms with Gasteiger partial charge < -0.3 is 19.5 Å². The third-order valence-corrected chi connectivity index (χ3v) is 4.56. The minimum atomic E-state index is 0.662. The second-order valence-electron chi connectivity index (χ2n) is 6.92. The zero-order chi connectivity index (χ0) is 21.2. The van der Waals surface area contributed by atoms with Crippen molar-refractivity contribution < 1.29 is 14.2 Å². The van der Waals surface area contributed by atoms with Crippen molar-refractivity contribution in [2.75, 3.05) is 19.0 Å². The molecule has 0 heterocycles. The first-order valence-electron chi connectivity index (χ1n) is 10.2. The summed E-state index contributed by atoms with van der Waals surface area (Å²) in [5.41, 5.74) is 3.23. The highest BCUT2D eigenvalue weighted by Crippen LogP contribution is 2.34. The number of para-hydroxylation sites is 1. The van der Waals surface area contributed by atoms with Gasteiger partial charge >= 0.3 is 0 Å². The van der Waals surface area contributed by atoms with Crippen molar-refractivity contribution in [3.05, 3.63) is 90.5 Å². The third-order valence-electron chi connectivity index (χ3n) is 4.56. The molecule has 0 aliphatic rings. The molecule has 0 aliphatic heterocycles. The molecule has 0 unspecified atom stereocenters. The monoisotopic (exact) mass is 403 g/mol.